The third-order valence-corrected chi connectivity index (χ3v) is 5.74. The second-order valence-electron chi connectivity index (χ2n) is 7.77. The lowest BCUT2D eigenvalue weighted by molar-refractivity contribution is -0.119. The lowest BCUT2D eigenvalue weighted by Gasteiger charge is -2.28. The Morgan fingerprint density at radius 2 is 2.13 bits per heavy atom. The molecule has 1 saturated heterocycles. The average molecular weight is 441 g/mol. The summed E-state index contributed by atoms with van der Waals surface area (Å²) in [5.74, 6) is 0.497. The van der Waals surface area contributed by atoms with Gasteiger partial charge in [-0.15, -0.1) is 0 Å². The van der Waals surface area contributed by atoms with Gasteiger partial charge in [0.15, 0.2) is 0 Å². The first kappa shape index (κ1) is 21.3. The Bertz CT molecular complexity index is 1130. The van der Waals surface area contributed by atoms with Crippen molar-refractivity contribution in [1.29, 1.82) is 0 Å². The Balaban J connectivity index is 1.54. The zero-order chi connectivity index (χ0) is 22.0. The van der Waals surface area contributed by atoms with Gasteiger partial charge in [0.1, 0.15) is 11.9 Å². The number of aromatic amines is 1. The maximum atomic E-state index is 13.0. The van der Waals surface area contributed by atoms with Gasteiger partial charge in [-0.05, 0) is 61.7 Å². The van der Waals surface area contributed by atoms with Gasteiger partial charge in [0, 0.05) is 36.3 Å². The fourth-order valence-corrected chi connectivity index (χ4v) is 4.09. The van der Waals surface area contributed by atoms with Crippen LogP contribution in [-0.4, -0.2) is 42.0 Å². The fourth-order valence-electron chi connectivity index (χ4n) is 3.92. The minimum atomic E-state index is -0.452. The topological polar surface area (TPSA) is 87.3 Å². The minimum absolute atomic E-state index is 0.136. The van der Waals surface area contributed by atoms with Crippen LogP contribution in [-0.2, 0) is 9.53 Å². The van der Waals surface area contributed by atoms with Crippen LogP contribution in [0.25, 0.3) is 11.0 Å². The third kappa shape index (κ3) is 4.57. The first-order chi connectivity index (χ1) is 15.0. The van der Waals surface area contributed by atoms with E-state index in [9.17, 15) is 9.59 Å². The summed E-state index contributed by atoms with van der Waals surface area (Å²) in [6.07, 6.45) is 2.50. The number of rotatable bonds is 6. The van der Waals surface area contributed by atoms with Crippen LogP contribution in [0.5, 0.6) is 0 Å². The van der Waals surface area contributed by atoms with Crippen molar-refractivity contribution in [1.82, 2.24) is 15.3 Å². The molecule has 2 heterocycles. The lowest BCUT2D eigenvalue weighted by Crippen LogP contribution is -2.36. The molecule has 0 unspecified atom stereocenters. The van der Waals surface area contributed by atoms with Crippen molar-refractivity contribution in [3.8, 4) is 0 Å². The molecule has 0 bridgehead atoms. The Morgan fingerprint density at radius 3 is 2.87 bits per heavy atom. The number of hydrogen-bond donors (Lipinski definition) is 2. The smallest absolute Gasteiger partial charge is 0.251 e. The number of methoxy groups -OCH3 is 1. The standard InChI is InChI=1S/C23H25ClN4O3/c1-14-11-15(6-9-20(14)28-10-4-3-5-21(28)29)23(30)27-19(13-31-2)22-25-17-8-7-16(24)12-18(17)26-22/h6-9,11-12,19H,3-5,10,13H2,1-2H3,(H,25,26)(H,27,30)/t19-/m0/s1. The maximum absolute atomic E-state index is 13.0. The normalized spacial score (nSPS) is 15.3. The van der Waals surface area contributed by atoms with E-state index in [4.69, 9.17) is 16.3 Å². The zero-order valence-electron chi connectivity index (χ0n) is 17.6. The number of ether oxygens (including phenoxy) is 1. The van der Waals surface area contributed by atoms with E-state index in [2.05, 4.69) is 15.3 Å². The molecule has 1 aliphatic heterocycles. The number of aryl methyl sites for hydroxylation is 1. The number of halogens is 1. The number of fused-ring (bicyclic) bond motifs is 1. The first-order valence-electron chi connectivity index (χ1n) is 10.3. The van der Waals surface area contributed by atoms with Gasteiger partial charge in [-0.2, -0.15) is 0 Å². The number of amides is 2. The molecule has 162 valence electrons. The first-order valence-corrected chi connectivity index (χ1v) is 10.7. The number of carbonyl (C=O) groups is 2. The molecular weight excluding hydrogens is 416 g/mol. The summed E-state index contributed by atoms with van der Waals surface area (Å²) in [4.78, 5) is 34.8. The van der Waals surface area contributed by atoms with E-state index in [1.54, 1.807) is 25.3 Å². The predicted molar refractivity (Wildman–Crippen MR) is 121 cm³/mol. The van der Waals surface area contributed by atoms with Crippen LogP contribution >= 0.6 is 11.6 Å². The van der Waals surface area contributed by atoms with Gasteiger partial charge in [-0.3, -0.25) is 9.59 Å². The Kier molecular flexibility index (Phi) is 6.25. The van der Waals surface area contributed by atoms with Crippen molar-refractivity contribution in [2.75, 3.05) is 25.2 Å². The van der Waals surface area contributed by atoms with Crippen molar-refractivity contribution in [3.05, 3.63) is 58.4 Å². The van der Waals surface area contributed by atoms with Gasteiger partial charge >= 0.3 is 0 Å². The quantitative estimate of drug-likeness (QED) is 0.602. The third-order valence-electron chi connectivity index (χ3n) is 5.51. The van der Waals surface area contributed by atoms with E-state index in [0.29, 0.717) is 22.8 Å². The number of carbonyl (C=O) groups excluding carboxylic acids is 2. The van der Waals surface area contributed by atoms with Crippen LogP contribution in [0, 0.1) is 6.92 Å². The van der Waals surface area contributed by atoms with Crippen LogP contribution < -0.4 is 10.2 Å². The van der Waals surface area contributed by atoms with Crippen LogP contribution in [0.3, 0.4) is 0 Å². The predicted octanol–water partition coefficient (Wildman–Crippen LogP) is 4.16. The summed E-state index contributed by atoms with van der Waals surface area (Å²) in [6.45, 7) is 2.90. The molecular formula is C23H25ClN4O3. The zero-order valence-corrected chi connectivity index (χ0v) is 18.3. The van der Waals surface area contributed by atoms with E-state index < -0.39 is 6.04 Å². The van der Waals surface area contributed by atoms with Crippen LogP contribution in [0.15, 0.2) is 36.4 Å². The molecule has 8 heteroatoms. The number of hydrogen-bond acceptors (Lipinski definition) is 4. The molecule has 2 amide bonds. The van der Waals surface area contributed by atoms with E-state index in [0.717, 1.165) is 41.7 Å². The molecule has 0 radical (unpaired) electrons. The molecule has 2 N–H and O–H groups in total. The number of H-pyrrole nitrogens is 1. The second-order valence-corrected chi connectivity index (χ2v) is 8.21. The molecule has 4 rings (SSSR count). The average Bonchev–Trinajstić information content (AvgIpc) is 3.17. The highest BCUT2D eigenvalue weighted by Gasteiger charge is 2.23. The van der Waals surface area contributed by atoms with E-state index in [1.807, 2.05) is 30.0 Å². The van der Waals surface area contributed by atoms with Crippen molar-refractivity contribution < 1.29 is 14.3 Å². The fraction of sp³-hybridized carbons (Fsp3) is 0.348. The summed E-state index contributed by atoms with van der Waals surface area (Å²) in [6, 6.07) is 10.4. The minimum Gasteiger partial charge on any atom is -0.382 e. The van der Waals surface area contributed by atoms with Gasteiger partial charge in [-0.25, -0.2) is 4.98 Å². The molecule has 31 heavy (non-hydrogen) atoms. The van der Waals surface area contributed by atoms with Gasteiger partial charge < -0.3 is 19.9 Å². The van der Waals surface area contributed by atoms with Crippen LogP contribution in [0.1, 0.15) is 47.1 Å². The van der Waals surface area contributed by atoms with E-state index in [1.165, 1.54) is 0 Å². The number of nitrogens with zero attached hydrogens (tertiary/aromatic N) is 2. The number of nitrogens with one attached hydrogen (secondary N) is 2. The molecule has 0 aliphatic carbocycles. The summed E-state index contributed by atoms with van der Waals surface area (Å²) in [5.41, 5.74) is 3.84. The van der Waals surface area contributed by atoms with E-state index in [-0.39, 0.29) is 18.4 Å². The monoisotopic (exact) mass is 440 g/mol. The van der Waals surface area contributed by atoms with E-state index >= 15 is 0 Å². The Hall–Kier alpha value is -2.90. The van der Waals surface area contributed by atoms with Gasteiger partial charge in [-0.1, -0.05) is 11.6 Å². The van der Waals surface area contributed by atoms with Gasteiger partial charge in [0.25, 0.3) is 5.91 Å². The summed E-state index contributed by atoms with van der Waals surface area (Å²) in [7, 11) is 1.58. The van der Waals surface area contributed by atoms with Crippen molar-refractivity contribution >= 4 is 40.1 Å². The number of aromatic nitrogens is 2. The van der Waals surface area contributed by atoms with Gasteiger partial charge in [0.2, 0.25) is 5.91 Å². The molecule has 1 aromatic heterocycles. The number of anilines is 1. The highest BCUT2D eigenvalue weighted by Crippen LogP contribution is 2.26. The Labute approximate surface area is 185 Å². The van der Waals surface area contributed by atoms with Crippen LogP contribution in [0.4, 0.5) is 5.69 Å². The molecule has 2 aromatic carbocycles. The highest BCUT2D eigenvalue weighted by atomic mass is 35.5. The molecule has 7 nitrogen and oxygen atoms in total. The number of piperidine rings is 1. The Morgan fingerprint density at radius 1 is 1.29 bits per heavy atom. The number of imidazole rings is 1. The molecule has 1 atom stereocenters. The molecule has 0 saturated carbocycles. The van der Waals surface area contributed by atoms with Crippen LogP contribution in [0.2, 0.25) is 5.02 Å². The molecule has 1 aliphatic rings. The van der Waals surface area contributed by atoms with Crippen molar-refractivity contribution in [3.63, 3.8) is 0 Å². The summed E-state index contributed by atoms with van der Waals surface area (Å²) < 4.78 is 5.30. The summed E-state index contributed by atoms with van der Waals surface area (Å²) >= 11 is 6.05. The number of benzene rings is 2. The van der Waals surface area contributed by atoms with Gasteiger partial charge in [0.05, 0.1) is 17.6 Å². The van der Waals surface area contributed by atoms with Crippen molar-refractivity contribution in [2.45, 2.75) is 32.2 Å². The molecule has 3 aromatic rings. The second kappa shape index (κ2) is 9.08. The largest absolute Gasteiger partial charge is 0.382 e. The maximum Gasteiger partial charge on any atom is 0.251 e. The summed E-state index contributed by atoms with van der Waals surface area (Å²) in [5, 5.41) is 3.59. The SMILES string of the molecule is COC[C@H](NC(=O)c1ccc(N2CCCCC2=O)c(C)c1)c1nc2cc(Cl)ccc2[nH]1. The van der Waals surface area contributed by atoms with Crippen molar-refractivity contribution in [2.24, 2.45) is 0 Å². The molecule has 1 fully saturated rings. The highest BCUT2D eigenvalue weighted by molar-refractivity contribution is 6.31. The lowest BCUT2D eigenvalue weighted by atomic mass is 10.0. The molecule has 0 spiro atoms.